The molecule has 5 heteroatoms. The molecule has 1 aromatic rings. The van der Waals surface area contributed by atoms with Gasteiger partial charge in [-0.05, 0) is 37.3 Å². The quantitative estimate of drug-likeness (QED) is 0.913. The first kappa shape index (κ1) is 13.2. The molecule has 2 atom stereocenters. The molecule has 0 radical (unpaired) electrons. The van der Waals surface area contributed by atoms with Gasteiger partial charge >= 0.3 is 0 Å². The van der Waals surface area contributed by atoms with E-state index in [1.807, 2.05) is 0 Å². The van der Waals surface area contributed by atoms with Crippen molar-refractivity contribution in [2.45, 2.75) is 32.2 Å². The van der Waals surface area contributed by atoms with E-state index in [-0.39, 0.29) is 23.8 Å². The summed E-state index contributed by atoms with van der Waals surface area (Å²) in [5.74, 6) is 1.27. The first-order valence-corrected chi connectivity index (χ1v) is 7.28. The number of nitrogens with zero attached hydrogens (tertiary/aromatic N) is 1. The van der Waals surface area contributed by atoms with Gasteiger partial charge in [0.25, 0.3) is 5.91 Å². The molecule has 1 aliphatic carbocycles. The van der Waals surface area contributed by atoms with Crippen LogP contribution in [0.3, 0.4) is 0 Å². The lowest BCUT2D eigenvalue weighted by Gasteiger charge is -2.32. The van der Waals surface area contributed by atoms with Gasteiger partial charge in [-0.2, -0.15) is 0 Å². The Bertz CT molecular complexity index is 489. The smallest absolute Gasteiger partial charge is 0.289 e. The lowest BCUT2D eigenvalue weighted by atomic mass is 10.0. The molecule has 20 heavy (non-hydrogen) atoms. The van der Waals surface area contributed by atoms with E-state index < -0.39 is 0 Å². The Hall–Kier alpha value is -1.78. The molecule has 1 saturated heterocycles. The Morgan fingerprint density at radius 3 is 2.60 bits per heavy atom. The number of carbonyl (C=O) groups is 2. The number of amides is 2. The third-order valence-electron chi connectivity index (χ3n) is 4.31. The van der Waals surface area contributed by atoms with Gasteiger partial charge < -0.3 is 14.6 Å². The van der Waals surface area contributed by atoms with Crippen LogP contribution in [0, 0.1) is 11.8 Å². The van der Waals surface area contributed by atoms with Gasteiger partial charge in [0.1, 0.15) is 0 Å². The van der Waals surface area contributed by atoms with Gasteiger partial charge in [0.05, 0.1) is 6.26 Å². The third-order valence-corrected chi connectivity index (χ3v) is 4.31. The van der Waals surface area contributed by atoms with Gasteiger partial charge in [-0.3, -0.25) is 9.59 Å². The van der Waals surface area contributed by atoms with Crippen molar-refractivity contribution in [2.24, 2.45) is 11.8 Å². The number of piperidine rings is 1. The summed E-state index contributed by atoms with van der Waals surface area (Å²) in [6, 6.07) is 3.61. The van der Waals surface area contributed by atoms with Crippen LogP contribution in [0.25, 0.3) is 0 Å². The van der Waals surface area contributed by atoms with Gasteiger partial charge in [0, 0.05) is 25.0 Å². The summed E-state index contributed by atoms with van der Waals surface area (Å²) in [7, 11) is 0. The maximum atomic E-state index is 12.1. The predicted octanol–water partition coefficient (Wildman–Crippen LogP) is 1.66. The molecule has 5 nitrogen and oxygen atoms in total. The molecule has 0 bridgehead atoms. The zero-order chi connectivity index (χ0) is 14.1. The topological polar surface area (TPSA) is 62.6 Å². The number of nitrogens with one attached hydrogen (secondary N) is 1. The molecule has 3 rings (SSSR count). The van der Waals surface area contributed by atoms with Gasteiger partial charge in [-0.25, -0.2) is 0 Å². The lowest BCUT2D eigenvalue weighted by Crippen LogP contribution is -2.47. The Morgan fingerprint density at radius 2 is 2.05 bits per heavy atom. The van der Waals surface area contributed by atoms with Crippen LogP contribution >= 0.6 is 0 Å². The second-order valence-corrected chi connectivity index (χ2v) is 5.87. The summed E-state index contributed by atoms with van der Waals surface area (Å²) < 4.78 is 5.13. The number of carbonyl (C=O) groups excluding carboxylic acids is 2. The maximum absolute atomic E-state index is 12.1. The summed E-state index contributed by atoms with van der Waals surface area (Å²) >= 11 is 0. The number of hydrogen-bond donors (Lipinski definition) is 1. The molecule has 2 heterocycles. The van der Waals surface area contributed by atoms with E-state index in [2.05, 4.69) is 12.2 Å². The fraction of sp³-hybridized carbons (Fsp3) is 0.600. The number of hydrogen-bond acceptors (Lipinski definition) is 3. The lowest BCUT2D eigenvalue weighted by molar-refractivity contribution is -0.123. The van der Waals surface area contributed by atoms with Crippen LogP contribution in [0.2, 0.25) is 0 Å². The van der Waals surface area contributed by atoms with Crippen molar-refractivity contribution in [1.29, 1.82) is 0 Å². The highest BCUT2D eigenvalue weighted by molar-refractivity contribution is 5.91. The van der Waals surface area contributed by atoms with Crippen LogP contribution in [0.1, 0.15) is 36.7 Å². The monoisotopic (exact) mass is 276 g/mol. The SMILES string of the molecule is C[C@@H]1C[C@@H]1C(=O)NC1CCN(C(=O)c2ccco2)CC1. The largest absolute Gasteiger partial charge is 0.459 e. The van der Waals surface area contributed by atoms with Gasteiger partial charge in [0.2, 0.25) is 5.91 Å². The molecule has 2 amide bonds. The number of furan rings is 1. The molecule has 2 fully saturated rings. The van der Waals surface area contributed by atoms with Crippen LogP contribution < -0.4 is 5.32 Å². The Balaban J connectivity index is 1.47. The van der Waals surface area contributed by atoms with Crippen molar-refractivity contribution in [1.82, 2.24) is 10.2 Å². The van der Waals surface area contributed by atoms with Crippen LogP contribution in [-0.4, -0.2) is 35.8 Å². The van der Waals surface area contributed by atoms with Crippen LogP contribution in [0.4, 0.5) is 0 Å². The first-order chi connectivity index (χ1) is 9.65. The summed E-state index contributed by atoms with van der Waals surface area (Å²) in [5.41, 5.74) is 0. The van der Waals surface area contributed by atoms with Crippen LogP contribution in [-0.2, 0) is 4.79 Å². The molecule has 2 aliphatic rings. The molecule has 0 spiro atoms. The van der Waals surface area contributed by atoms with Gasteiger partial charge in [-0.1, -0.05) is 6.92 Å². The molecule has 1 N–H and O–H groups in total. The van der Waals surface area contributed by atoms with Crippen LogP contribution in [0.5, 0.6) is 0 Å². The van der Waals surface area contributed by atoms with Crippen molar-refractivity contribution in [3.63, 3.8) is 0 Å². The van der Waals surface area contributed by atoms with E-state index in [0.29, 0.717) is 24.8 Å². The minimum Gasteiger partial charge on any atom is -0.459 e. The Morgan fingerprint density at radius 1 is 1.35 bits per heavy atom. The van der Waals surface area contributed by atoms with E-state index in [9.17, 15) is 9.59 Å². The highest BCUT2D eigenvalue weighted by Gasteiger charge is 2.40. The number of likely N-dealkylation sites (tertiary alicyclic amines) is 1. The Kier molecular flexibility index (Phi) is 3.51. The molecule has 1 aromatic heterocycles. The second-order valence-electron chi connectivity index (χ2n) is 5.87. The first-order valence-electron chi connectivity index (χ1n) is 7.28. The molecule has 0 aromatic carbocycles. The summed E-state index contributed by atoms with van der Waals surface area (Å²) in [6.07, 6.45) is 4.16. The zero-order valence-electron chi connectivity index (χ0n) is 11.7. The average Bonchev–Trinajstić information content (AvgIpc) is 2.97. The van der Waals surface area contributed by atoms with E-state index in [1.54, 1.807) is 17.0 Å². The van der Waals surface area contributed by atoms with Gasteiger partial charge in [0.15, 0.2) is 5.76 Å². The van der Waals surface area contributed by atoms with E-state index in [1.165, 1.54) is 6.26 Å². The molecule has 0 unspecified atom stereocenters. The van der Waals surface area contributed by atoms with Crippen molar-refractivity contribution < 1.29 is 14.0 Å². The third kappa shape index (κ3) is 2.71. The highest BCUT2D eigenvalue weighted by Crippen LogP contribution is 2.37. The molecule has 1 aliphatic heterocycles. The van der Waals surface area contributed by atoms with Crippen LogP contribution in [0.15, 0.2) is 22.8 Å². The fourth-order valence-corrected chi connectivity index (χ4v) is 2.78. The molecule has 1 saturated carbocycles. The van der Waals surface area contributed by atoms with E-state index >= 15 is 0 Å². The van der Waals surface area contributed by atoms with E-state index in [0.717, 1.165) is 19.3 Å². The van der Waals surface area contributed by atoms with Crippen molar-refractivity contribution >= 4 is 11.8 Å². The average molecular weight is 276 g/mol. The van der Waals surface area contributed by atoms with Crippen molar-refractivity contribution in [3.8, 4) is 0 Å². The zero-order valence-corrected chi connectivity index (χ0v) is 11.7. The minimum atomic E-state index is -0.0596. The van der Waals surface area contributed by atoms with E-state index in [4.69, 9.17) is 4.42 Å². The van der Waals surface area contributed by atoms with Crippen molar-refractivity contribution in [2.75, 3.05) is 13.1 Å². The Labute approximate surface area is 118 Å². The fourth-order valence-electron chi connectivity index (χ4n) is 2.78. The van der Waals surface area contributed by atoms with Crippen molar-refractivity contribution in [3.05, 3.63) is 24.2 Å². The highest BCUT2D eigenvalue weighted by atomic mass is 16.3. The second kappa shape index (κ2) is 5.31. The van der Waals surface area contributed by atoms with Gasteiger partial charge in [-0.15, -0.1) is 0 Å². The normalized spacial score (nSPS) is 26.4. The summed E-state index contributed by atoms with van der Waals surface area (Å²) in [6.45, 7) is 3.45. The predicted molar refractivity (Wildman–Crippen MR) is 73.0 cm³/mol. The molecular weight excluding hydrogens is 256 g/mol. The molecule has 108 valence electrons. The minimum absolute atomic E-state index is 0.0596. The standard InChI is InChI=1S/C15H20N2O3/c1-10-9-12(10)14(18)16-11-4-6-17(7-5-11)15(19)13-3-2-8-20-13/h2-3,8,10-12H,4-7,9H2,1H3,(H,16,18)/t10-,12+/m1/s1. The summed E-state index contributed by atoms with van der Waals surface area (Å²) in [4.78, 5) is 25.8. The summed E-state index contributed by atoms with van der Waals surface area (Å²) in [5, 5.41) is 3.11. The molecular formula is C15H20N2O3. The maximum Gasteiger partial charge on any atom is 0.289 e. The number of rotatable bonds is 3.